The van der Waals surface area contributed by atoms with Crippen LogP contribution in [0.3, 0.4) is 0 Å². The van der Waals surface area contributed by atoms with Crippen molar-refractivity contribution in [2.24, 2.45) is 0 Å². The van der Waals surface area contributed by atoms with Gasteiger partial charge < -0.3 is 5.11 Å². The van der Waals surface area contributed by atoms with Crippen LogP contribution in [-0.2, 0) is 0 Å². The molecule has 0 atom stereocenters. The van der Waals surface area contributed by atoms with Crippen LogP contribution in [0.4, 0.5) is 0 Å². The van der Waals surface area contributed by atoms with E-state index in [1.807, 2.05) is 0 Å². The van der Waals surface area contributed by atoms with Crippen LogP contribution in [0, 0.1) is 6.92 Å². The number of rotatable bonds is 0. The first-order chi connectivity index (χ1) is 4.22. The quantitative estimate of drug-likeness (QED) is 0.582. The Hall–Kier alpha value is 0.310. The van der Waals surface area contributed by atoms with E-state index in [1.165, 1.54) is 0 Å². The summed E-state index contributed by atoms with van der Waals surface area (Å²) in [6.45, 7) is 1.78. The molecule has 3 heteroatoms. The van der Waals surface area contributed by atoms with Crippen LogP contribution in [0.1, 0.15) is 5.56 Å². The molecule has 0 spiro atoms. The molecule has 10 heavy (non-hydrogen) atoms. The zero-order valence-electron chi connectivity index (χ0n) is 5.06. The van der Waals surface area contributed by atoms with Gasteiger partial charge in [-0.05, 0) is 19.1 Å². The second kappa shape index (κ2) is 4.24. The van der Waals surface area contributed by atoms with Crippen LogP contribution in [0.5, 0.6) is 5.75 Å². The molecule has 0 fully saturated rings. The van der Waals surface area contributed by atoms with Crippen molar-refractivity contribution < 1.29 is 5.11 Å². The van der Waals surface area contributed by atoms with Crippen LogP contribution in [0.25, 0.3) is 0 Å². The van der Waals surface area contributed by atoms with E-state index in [9.17, 15) is 0 Å². The summed E-state index contributed by atoms with van der Waals surface area (Å²) >= 11 is 5.65. The first kappa shape index (κ1) is 10.3. The van der Waals surface area contributed by atoms with Crippen molar-refractivity contribution in [2.75, 3.05) is 0 Å². The maximum atomic E-state index is 9.02. The summed E-state index contributed by atoms with van der Waals surface area (Å²) in [5, 5.41) is 9.62. The van der Waals surface area contributed by atoms with Crippen LogP contribution in [0.2, 0.25) is 5.02 Å². The van der Waals surface area contributed by atoms with Crippen molar-refractivity contribution in [3.8, 4) is 5.75 Å². The Morgan fingerprint density at radius 1 is 1.40 bits per heavy atom. The average molecular weight is 167 g/mol. The van der Waals surface area contributed by atoms with E-state index in [4.69, 9.17) is 16.7 Å². The molecular formula is C7H8ClNaO. The van der Waals surface area contributed by atoms with E-state index in [0.29, 0.717) is 5.02 Å². The number of phenols is 1. The molecule has 1 aromatic carbocycles. The fourth-order valence-electron chi connectivity index (χ4n) is 0.596. The molecule has 1 aromatic rings. The molecule has 1 N–H and O–H groups in total. The predicted molar refractivity (Wildman–Crippen MR) is 45.0 cm³/mol. The summed E-state index contributed by atoms with van der Waals surface area (Å²) < 4.78 is 0. The molecule has 0 heterocycles. The number of halogens is 1. The molecule has 0 amide bonds. The first-order valence-electron chi connectivity index (χ1n) is 2.66. The van der Waals surface area contributed by atoms with Crippen LogP contribution < -0.4 is 0 Å². The van der Waals surface area contributed by atoms with Gasteiger partial charge in [-0.3, -0.25) is 0 Å². The summed E-state index contributed by atoms with van der Waals surface area (Å²) in [5.41, 5.74) is 0.735. The van der Waals surface area contributed by atoms with Gasteiger partial charge in [0.05, 0.1) is 0 Å². The summed E-state index contributed by atoms with van der Waals surface area (Å²) in [7, 11) is 0. The number of hydrogen-bond donors (Lipinski definition) is 1. The second-order valence-corrected chi connectivity index (χ2v) is 2.29. The Morgan fingerprint density at radius 3 is 2.40 bits per heavy atom. The maximum absolute atomic E-state index is 9.02. The van der Waals surface area contributed by atoms with E-state index in [2.05, 4.69) is 0 Å². The molecule has 0 aliphatic carbocycles. The van der Waals surface area contributed by atoms with Gasteiger partial charge >= 0.3 is 29.6 Å². The standard InChI is InChI=1S/C7H7ClO.Na.H/c1-5-6(8)3-2-4-7(5)9;;/h2-4,9H,1H3;;. The van der Waals surface area contributed by atoms with Crippen LogP contribution in [0.15, 0.2) is 18.2 Å². The molecule has 0 bridgehead atoms. The Morgan fingerprint density at radius 2 is 2.00 bits per heavy atom. The van der Waals surface area contributed by atoms with E-state index in [-0.39, 0.29) is 35.3 Å². The fraction of sp³-hybridized carbons (Fsp3) is 0.143. The van der Waals surface area contributed by atoms with Gasteiger partial charge in [0.15, 0.2) is 0 Å². The van der Waals surface area contributed by atoms with E-state index < -0.39 is 0 Å². The molecule has 0 aliphatic rings. The Kier molecular flexibility index (Phi) is 4.37. The number of aromatic hydroxyl groups is 1. The number of benzene rings is 1. The monoisotopic (exact) mass is 166 g/mol. The van der Waals surface area contributed by atoms with E-state index in [0.717, 1.165) is 5.56 Å². The molecule has 0 radical (unpaired) electrons. The molecule has 0 aromatic heterocycles. The molecule has 0 saturated carbocycles. The van der Waals surface area contributed by atoms with Crippen molar-refractivity contribution in [3.63, 3.8) is 0 Å². The van der Waals surface area contributed by atoms with E-state index >= 15 is 0 Å². The zero-order chi connectivity index (χ0) is 6.85. The normalized spacial score (nSPS) is 8.60. The fourth-order valence-corrected chi connectivity index (χ4v) is 0.766. The van der Waals surface area contributed by atoms with Crippen molar-refractivity contribution in [3.05, 3.63) is 28.8 Å². The summed E-state index contributed by atoms with van der Waals surface area (Å²) in [6, 6.07) is 5.07. The minimum atomic E-state index is 0. The summed E-state index contributed by atoms with van der Waals surface area (Å²) in [6.07, 6.45) is 0. The summed E-state index contributed by atoms with van der Waals surface area (Å²) in [5.74, 6) is 0.252. The summed E-state index contributed by atoms with van der Waals surface area (Å²) in [4.78, 5) is 0. The first-order valence-corrected chi connectivity index (χ1v) is 3.03. The SMILES string of the molecule is Cc1c(O)cccc1Cl.[NaH]. The van der Waals surface area contributed by atoms with Crippen molar-refractivity contribution in [1.82, 2.24) is 0 Å². The number of phenolic OH excluding ortho intramolecular Hbond substituents is 1. The third kappa shape index (κ3) is 2.17. The van der Waals surface area contributed by atoms with Gasteiger partial charge in [-0.25, -0.2) is 0 Å². The van der Waals surface area contributed by atoms with Crippen LogP contribution in [-0.4, -0.2) is 34.7 Å². The van der Waals surface area contributed by atoms with Gasteiger partial charge in [0.25, 0.3) is 0 Å². The molecule has 1 nitrogen and oxygen atoms in total. The van der Waals surface area contributed by atoms with Crippen molar-refractivity contribution in [2.45, 2.75) is 6.92 Å². The van der Waals surface area contributed by atoms with Gasteiger partial charge in [0.1, 0.15) is 5.75 Å². The Balaban J connectivity index is 0.000000810. The van der Waals surface area contributed by atoms with Crippen molar-refractivity contribution in [1.29, 1.82) is 0 Å². The van der Waals surface area contributed by atoms with Gasteiger partial charge in [0, 0.05) is 10.6 Å². The molecule has 1 rings (SSSR count). The van der Waals surface area contributed by atoms with Crippen molar-refractivity contribution >= 4 is 41.2 Å². The van der Waals surface area contributed by atoms with E-state index in [1.54, 1.807) is 25.1 Å². The average Bonchev–Trinajstić information content (AvgIpc) is 1.83. The predicted octanol–water partition coefficient (Wildman–Crippen LogP) is 1.71. The molecule has 0 saturated heterocycles. The third-order valence-corrected chi connectivity index (χ3v) is 1.65. The minimum absolute atomic E-state index is 0. The third-order valence-electron chi connectivity index (χ3n) is 1.24. The van der Waals surface area contributed by atoms with Gasteiger partial charge in [0.2, 0.25) is 0 Å². The topological polar surface area (TPSA) is 20.2 Å². The Bertz CT molecular complexity index is 205. The number of hydrogen-bond acceptors (Lipinski definition) is 1. The van der Waals surface area contributed by atoms with Crippen LogP contribution >= 0.6 is 11.6 Å². The van der Waals surface area contributed by atoms with Gasteiger partial charge in [-0.1, -0.05) is 17.7 Å². The zero-order valence-corrected chi connectivity index (χ0v) is 5.81. The van der Waals surface area contributed by atoms with Gasteiger partial charge in [-0.2, -0.15) is 0 Å². The second-order valence-electron chi connectivity index (χ2n) is 1.88. The van der Waals surface area contributed by atoms with Gasteiger partial charge in [-0.15, -0.1) is 0 Å². The molecule has 0 aliphatic heterocycles. The molecule has 0 unspecified atom stereocenters. The molecular weight excluding hydrogens is 159 g/mol. The molecule has 50 valence electrons. The Labute approximate surface area is 87.3 Å².